The van der Waals surface area contributed by atoms with Crippen LogP contribution in [0, 0.1) is 4.77 Å². The van der Waals surface area contributed by atoms with Gasteiger partial charge < -0.3 is 9.88 Å². The van der Waals surface area contributed by atoms with Crippen LogP contribution in [0.5, 0.6) is 0 Å². The van der Waals surface area contributed by atoms with Crippen LogP contribution in [0.2, 0.25) is 0 Å². The molecule has 3 aromatic heterocycles. The molecule has 0 fully saturated rings. The lowest BCUT2D eigenvalue weighted by Gasteiger charge is -2.15. The number of carbonyl (C=O) groups is 1. The van der Waals surface area contributed by atoms with Crippen molar-refractivity contribution in [1.82, 2.24) is 29.6 Å². The van der Waals surface area contributed by atoms with Gasteiger partial charge in [-0.05, 0) is 49.6 Å². The summed E-state index contributed by atoms with van der Waals surface area (Å²) < 4.78 is 4.38. The minimum atomic E-state index is -0.469. The Labute approximate surface area is 177 Å². The van der Waals surface area contributed by atoms with Gasteiger partial charge in [-0.3, -0.25) is 14.5 Å². The number of hydrogen-bond donors (Lipinski definition) is 2. The van der Waals surface area contributed by atoms with Crippen LogP contribution in [0.4, 0.5) is 0 Å². The largest absolute Gasteiger partial charge is 0.354 e. The first-order valence-electron chi connectivity index (χ1n) is 9.52. The van der Waals surface area contributed by atoms with E-state index in [2.05, 4.69) is 33.1 Å². The molecule has 0 aliphatic carbocycles. The molecule has 0 saturated carbocycles. The number of aryl methyl sites for hydroxylation is 1. The molecule has 1 aromatic carbocycles. The maximum Gasteiger partial charge on any atom is 0.242 e. The molecule has 9 heteroatoms. The quantitative estimate of drug-likeness (QED) is 0.438. The van der Waals surface area contributed by atoms with E-state index in [1.54, 1.807) is 15.9 Å². The lowest BCUT2D eigenvalue weighted by atomic mass is 10.3. The first-order valence-corrected chi connectivity index (χ1v) is 10.8. The van der Waals surface area contributed by atoms with E-state index >= 15 is 0 Å². The number of hydrogen-bond acceptors (Lipinski definition) is 5. The molecule has 1 unspecified atom stereocenters. The van der Waals surface area contributed by atoms with Crippen molar-refractivity contribution in [3.63, 3.8) is 0 Å². The van der Waals surface area contributed by atoms with Crippen LogP contribution in [-0.4, -0.2) is 36.8 Å². The minimum absolute atomic E-state index is 0.0977. The molecule has 0 spiro atoms. The van der Waals surface area contributed by atoms with Gasteiger partial charge in [0.05, 0.1) is 15.9 Å². The van der Waals surface area contributed by atoms with Gasteiger partial charge >= 0.3 is 0 Å². The van der Waals surface area contributed by atoms with Crippen molar-refractivity contribution >= 4 is 40.5 Å². The molecule has 0 aliphatic heterocycles. The summed E-state index contributed by atoms with van der Waals surface area (Å²) in [6.45, 7) is 5.28. The van der Waals surface area contributed by atoms with Crippen LogP contribution in [0.3, 0.4) is 0 Å². The molecule has 4 aromatic rings. The molecule has 2 N–H and O–H groups in total. The number of H-pyrrole nitrogens is 1. The number of benzene rings is 1. The van der Waals surface area contributed by atoms with Crippen molar-refractivity contribution < 1.29 is 4.79 Å². The average molecular weight is 427 g/mol. The Morgan fingerprint density at radius 2 is 2.14 bits per heavy atom. The predicted molar refractivity (Wildman–Crippen MR) is 118 cm³/mol. The highest BCUT2D eigenvalue weighted by Crippen LogP contribution is 2.25. The zero-order chi connectivity index (χ0) is 20.4. The molecule has 7 nitrogen and oxygen atoms in total. The second-order valence-electron chi connectivity index (χ2n) is 6.68. The third kappa shape index (κ3) is 3.75. The van der Waals surface area contributed by atoms with Gasteiger partial charge in [0, 0.05) is 19.5 Å². The fraction of sp³-hybridized carbons (Fsp3) is 0.300. The maximum atomic E-state index is 12.8. The Morgan fingerprint density at radius 1 is 1.31 bits per heavy atom. The van der Waals surface area contributed by atoms with Gasteiger partial charge in [0.25, 0.3) is 0 Å². The van der Waals surface area contributed by atoms with Crippen LogP contribution in [-0.2, 0) is 17.8 Å². The van der Waals surface area contributed by atoms with Crippen LogP contribution < -0.4 is 5.32 Å². The van der Waals surface area contributed by atoms with E-state index in [0.29, 0.717) is 23.6 Å². The molecule has 0 radical (unpaired) electrons. The molecule has 0 aliphatic rings. The summed E-state index contributed by atoms with van der Waals surface area (Å²) in [5, 5.41) is 12.1. The fourth-order valence-corrected chi connectivity index (χ4v) is 4.48. The van der Waals surface area contributed by atoms with E-state index in [9.17, 15) is 4.79 Å². The average Bonchev–Trinajstić information content (AvgIpc) is 3.45. The SMILES string of the molecule is CCn1c(CCNC(=O)C(C)n2c(-c3cccs3)n[nH]c2=S)nc2ccccc21. The number of thiophene rings is 1. The molecule has 1 atom stereocenters. The molecule has 4 rings (SSSR count). The van der Waals surface area contributed by atoms with Gasteiger partial charge in [-0.1, -0.05) is 18.2 Å². The van der Waals surface area contributed by atoms with Crippen molar-refractivity contribution in [3.05, 3.63) is 52.4 Å². The molecular weight excluding hydrogens is 404 g/mol. The van der Waals surface area contributed by atoms with E-state index in [-0.39, 0.29) is 5.91 Å². The highest BCUT2D eigenvalue weighted by atomic mass is 32.1. The topological polar surface area (TPSA) is 80.5 Å². The molecule has 0 saturated heterocycles. The number of para-hydroxylation sites is 2. The second-order valence-corrected chi connectivity index (χ2v) is 8.01. The molecule has 3 heterocycles. The predicted octanol–water partition coefficient (Wildman–Crippen LogP) is 3.96. The van der Waals surface area contributed by atoms with Gasteiger partial charge in [0.1, 0.15) is 11.9 Å². The van der Waals surface area contributed by atoms with Crippen LogP contribution in [0.1, 0.15) is 25.7 Å². The fourth-order valence-electron chi connectivity index (χ4n) is 3.48. The van der Waals surface area contributed by atoms with Crippen LogP contribution >= 0.6 is 23.6 Å². The van der Waals surface area contributed by atoms with E-state index in [0.717, 1.165) is 28.3 Å². The zero-order valence-corrected chi connectivity index (χ0v) is 17.9. The molecule has 150 valence electrons. The lowest BCUT2D eigenvalue weighted by molar-refractivity contribution is -0.123. The summed E-state index contributed by atoms with van der Waals surface area (Å²) in [7, 11) is 0. The van der Waals surface area contributed by atoms with Gasteiger partial charge in [-0.2, -0.15) is 5.10 Å². The summed E-state index contributed by atoms with van der Waals surface area (Å²) in [6, 6.07) is 11.5. The Bertz CT molecular complexity index is 1190. The Hall–Kier alpha value is -2.78. The van der Waals surface area contributed by atoms with E-state index in [1.807, 2.05) is 42.6 Å². The zero-order valence-electron chi connectivity index (χ0n) is 16.3. The third-order valence-electron chi connectivity index (χ3n) is 4.91. The highest BCUT2D eigenvalue weighted by Gasteiger charge is 2.21. The number of nitrogens with one attached hydrogen (secondary N) is 2. The van der Waals surface area contributed by atoms with Gasteiger partial charge in [0.2, 0.25) is 5.91 Å². The summed E-state index contributed by atoms with van der Waals surface area (Å²) in [5.41, 5.74) is 2.10. The van der Waals surface area contributed by atoms with E-state index < -0.39 is 6.04 Å². The Morgan fingerprint density at radius 3 is 2.90 bits per heavy atom. The number of fused-ring (bicyclic) bond motifs is 1. The number of aromatic nitrogens is 5. The smallest absolute Gasteiger partial charge is 0.242 e. The van der Waals surface area contributed by atoms with Crippen LogP contribution in [0.15, 0.2) is 41.8 Å². The first kappa shape index (κ1) is 19.5. The number of imidazole rings is 1. The number of aromatic amines is 1. The maximum absolute atomic E-state index is 12.8. The molecule has 29 heavy (non-hydrogen) atoms. The lowest BCUT2D eigenvalue weighted by Crippen LogP contribution is -2.33. The summed E-state index contributed by atoms with van der Waals surface area (Å²) in [5.74, 6) is 1.56. The number of nitrogens with zero attached hydrogens (tertiary/aromatic N) is 4. The van der Waals surface area contributed by atoms with Crippen molar-refractivity contribution in [2.24, 2.45) is 0 Å². The third-order valence-corrected chi connectivity index (χ3v) is 6.06. The summed E-state index contributed by atoms with van der Waals surface area (Å²) >= 11 is 6.92. The van der Waals surface area contributed by atoms with E-state index in [1.165, 1.54) is 0 Å². The van der Waals surface area contributed by atoms with E-state index in [4.69, 9.17) is 17.2 Å². The number of rotatable bonds is 7. The minimum Gasteiger partial charge on any atom is -0.354 e. The Kier molecular flexibility index (Phi) is 5.59. The number of carbonyl (C=O) groups excluding carboxylic acids is 1. The van der Waals surface area contributed by atoms with Crippen molar-refractivity contribution in [2.45, 2.75) is 32.9 Å². The van der Waals surface area contributed by atoms with Crippen LogP contribution in [0.25, 0.3) is 21.7 Å². The van der Waals surface area contributed by atoms with Gasteiger partial charge in [0.15, 0.2) is 10.6 Å². The summed E-state index contributed by atoms with van der Waals surface area (Å²) in [4.78, 5) is 18.5. The van der Waals surface area contributed by atoms with Crippen molar-refractivity contribution in [1.29, 1.82) is 0 Å². The molecule has 1 amide bonds. The van der Waals surface area contributed by atoms with Crippen molar-refractivity contribution in [3.8, 4) is 10.7 Å². The molecular formula is C20H22N6OS2. The first-order chi connectivity index (χ1) is 14.1. The Balaban J connectivity index is 1.46. The van der Waals surface area contributed by atoms with Crippen molar-refractivity contribution in [2.75, 3.05) is 6.54 Å². The van der Waals surface area contributed by atoms with Gasteiger partial charge in [-0.15, -0.1) is 11.3 Å². The highest BCUT2D eigenvalue weighted by molar-refractivity contribution is 7.71. The molecule has 0 bridgehead atoms. The standard InChI is InChI=1S/C20H22N6OS2/c1-3-25-15-8-5-4-7-14(15)22-17(25)10-11-21-19(27)13(2)26-18(23-24-20(26)28)16-9-6-12-29-16/h4-9,12-13H,3,10-11H2,1-2H3,(H,21,27)(H,24,28). The monoisotopic (exact) mass is 426 g/mol. The van der Waals surface area contributed by atoms with Gasteiger partial charge in [-0.25, -0.2) is 4.98 Å². The summed E-state index contributed by atoms with van der Waals surface area (Å²) in [6.07, 6.45) is 0.662. The number of amides is 1. The normalized spacial score (nSPS) is 12.3. The second kappa shape index (κ2) is 8.30.